The van der Waals surface area contributed by atoms with Crippen LogP contribution in [0.4, 0.5) is 15.9 Å². The van der Waals surface area contributed by atoms with Crippen molar-refractivity contribution in [3.8, 4) is 0 Å². The third-order valence-electron chi connectivity index (χ3n) is 5.06. The van der Waals surface area contributed by atoms with E-state index in [2.05, 4.69) is 25.3 Å². The van der Waals surface area contributed by atoms with E-state index in [4.69, 9.17) is 0 Å². The van der Waals surface area contributed by atoms with E-state index in [9.17, 15) is 9.18 Å². The quantitative estimate of drug-likeness (QED) is 0.385. The van der Waals surface area contributed by atoms with E-state index < -0.39 is 11.7 Å². The lowest BCUT2D eigenvalue weighted by atomic mass is 10.0. The molecule has 1 aliphatic rings. The highest BCUT2D eigenvalue weighted by Gasteiger charge is 2.24. The van der Waals surface area contributed by atoms with Gasteiger partial charge in [-0.1, -0.05) is 0 Å². The van der Waals surface area contributed by atoms with Crippen LogP contribution in [0.25, 0.3) is 11.0 Å². The molecule has 7 heteroatoms. The normalized spacial score (nSPS) is 13.6. The Morgan fingerprint density at radius 3 is 2.72 bits per heavy atom. The average molecular weight is 387 g/mol. The van der Waals surface area contributed by atoms with Crippen molar-refractivity contribution in [2.75, 3.05) is 5.32 Å². The first-order valence-electron chi connectivity index (χ1n) is 9.46. The second-order valence-corrected chi connectivity index (χ2v) is 7.35. The van der Waals surface area contributed by atoms with Gasteiger partial charge in [-0.15, -0.1) is 0 Å². The third kappa shape index (κ3) is 3.35. The number of ketones is 1. The number of hydrogen-bond acceptors (Lipinski definition) is 5. The van der Waals surface area contributed by atoms with E-state index in [1.54, 1.807) is 24.7 Å². The van der Waals surface area contributed by atoms with Gasteiger partial charge in [0.2, 0.25) is 5.95 Å². The van der Waals surface area contributed by atoms with Gasteiger partial charge < -0.3 is 10.3 Å². The molecule has 1 saturated carbocycles. The number of aromatic amines is 1. The highest BCUT2D eigenvalue weighted by molar-refractivity contribution is 6.16. The lowest BCUT2D eigenvalue weighted by Crippen LogP contribution is -2.07. The molecule has 0 saturated heterocycles. The summed E-state index contributed by atoms with van der Waals surface area (Å²) < 4.78 is 14.6. The molecule has 6 nitrogen and oxygen atoms in total. The van der Waals surface area contributed by atoms with Crippen LogP contribution in [0.5, 0.6) is 0 Å². The van der Waals surface area contributed by atoms with Crippen LogP contribution < -0.4 is 5.32 Å². The monoisotopic (exact) mass is 387 g/mol. The summed E-state index contributed by atoms with van der Waals surface area (Å²) in [4.78, 5) is 28.4. The van der Waals surface area contributed by atoms with Crippen molar-refractivity contribution in [1.29, 1.82) is 0 Å². The summed E-state index contributed by atoms with van der Waals surface area (Å²) in [5, 5.41) is 3.69. The minimum absolute atomic E-state index is 0.0832. The van der Waals surface area contributed by atoms with E-state index in [1.165, 1.54) is 18.9 Å². The number of rotatable bonds is 5. The van der Waals surface area contributed by atoms with Gasteiger partial charge in [0.05, 0.1) is 17.4 Å². The molecule has 0 spiro atoms. The summed E-state index contributed by atoms with van der Waals surface area (Å²) >= 11 is 0. The maximum absolute atomic E-state index is 14.6. The summed E-state index contributed by atoms with van der Waals surface area (Å²) in [6.45, 7) is 1.89. The highest BCUT2D eigenvalue weighted by Crippen LogP contribution is 2.39. The highest BCUT2D eigenvalue weighted by atomic mass is 19.1. The van der Waals surface area contributed by atoms with Crippen LogP contribution in [0.2, 0.25) is 0 Å². The van der Waals surface area contributed by atoms with E-state index in [-0.39, 0.29) is 5.56 Å². The zero-order chi connectivity index (χ0) is 20.0. The molecule has 4 heterocycles. The molecule has 29 heavy (non-hydrogen) atoms. The predicted octanol–water partition coefficient (Wildman–Crippen LogP) is 4.65. The van der Waals surface area contributed by atoms with Crippen molar-refractivity contribution in [1.82, 2.24) is 19.9 Å². The van der Waals surface area contributed by atoms with Gasteiger partial charge in [-0.05, 0) is 55.7 Å². The predicted molar refractivity (Wildman–Crippen MR) is 108 cm³/mol. The largest absolute Gasteiger partial charge is 0.345 e. The first-order valence-corrected chi connectivity index (χ1v) is 9.46. The number of aryl methyl sites for hydroxylation is 1. The Morgan fingerprint density at radius 2 is 2.00 bits per heavy atom. The average Bonchev–Trinajstić information content (AvgIpc) is 3.48. The Bertz CT molecular complexity index is 1230. The molecular formula is C22H18FN5O. The van der Waals surface area contributed by atoms with E-state index >= 15 is 0 Å². The van der Waals surface area contributed by atoms with Gasteiger partial charge in [-0.25, -0.2) is 9.97 Å². The van der Waals surface area contributed by atoms with Gasteiger partial charge in [-0.2, -0.15) is 4.39 Å². The summed E-state index contributed by atoms with van der Waals surface area (Å²) in [7, 11) is 0. The number of hydrogen-bond donors (Lipinski definition) is 2. The zero-order valence-corrected chi connectivity index (χ0v) is 15.7. The molecule has 0 bridgehead atoms. The molecule has 144 valence electrons. The molecule has 0 radical (unpaired) electrons. The Labute approximate surface area is 166 Å². The zero-order valence-electron chi connectivity index (χ0n) is 15.7. The van der Waals surface area contributed by atoms with Crippen molar-refractivity contribution in [3.05, 3.63) is 77.3 Å². The Hall–Kier alpha value is -3.61. The fourth-order valence-electron chi connectivity index (χ4n) is 3.36. The molecule has 0 atom stereocenters. The van der Waals surface area contributed by atoms with Crippen molar-refractivity contribution in [2.45, 2.75) is 25.7 Å². The van der Waals surface area contributed by atoms with Crippen LogP contribution in [0, 0.1) is 12.9 Å². The summed E-state index contributed by atoms with van der Waals surface area (Å²) in [5.41, 5.74) is 3.61. The summed E-state index contributed by atoms with van der Waals surface area (Å²) in [6.07, 6.45) is 7.36. The van der Waals surface area contributed by atoms with Crippen molar-refractivity contribution >= 4 is 28.3 Å². The Balaban J connectivity index is 1.39. The fourth-order valence-corrected chi connectivity index (χ4v) is 3.36. The molecule has 1 aliphatic carbocycles. The molecule has 1 fully saturated rings. The number of carbonyl (C=O) groups is 1. The number of aromatic nitrogens is 4. The number of H-pyrrole nitrogens is 1. The van der Waals surface area contributed by atoms with E-state index in [1.807, 2.05) is 25.1 Å². The Kier molecular flexibility index (Phi) is 4.08. The second-order valence-electron chi connectivity index (χ2n) is 7.35. The molecule has 0 amide bonds. The van der Waals surface area contributed by atoms with Gasteiger partial charge >= 0.3 is 0 Å². The van der Waals surface area contributed by atoms with Crippen LogP contribution in [0.15, 0.2) is 48.9 Å². The number of nitrogens with zero attached hydrogens (tertiary/aromatic N) is 3. The van der Waals surface area contributed by atoms with Crippen molar-refractivity contribution < 1.29 is 9.18 Å². The van der Waals surface area contributed by atoms with Crippen molar-refractivity contribution in [3.63, 3.8) is 0 Å². The molecule has 0 aliphatic heterocycles. The summed E-state index contributed by atoms with van der Waals surface area (Å²) in [6, 6.07) is 8.76. The minimum Gasteiger partial charge on any atom is -0.345 e. The molecule has 2 N–H and O–H groups in total. The Morgan fingerprint density at radius 1 is 1.14 bits per heavy atom. The maximum Gasteiger partial charge on any atom is 0.226 e. The molecule has 0 aromatic carbocycles. The van der Waals surface area contributed by atoms with E-state index in [0.29, 0.717) is 28.3 Å². The van der Waals surface area contributed by atoms with Gasteiger partial charge in [-0.3, -0.25) is 9.78 Å². The van der Waals surface area contributed by atoms with E-state index in [0.717, 1.165) is 16.9 Å². The molecular weight excluding hydrogens is 369 g/mol. The van der Waals surface area contributed by atoms with Crippen LogP contribution in [-0.4, -0.2) is 25.7 Å². The minimum atomic E-state index is -0.822. The summed E-state index contributed by atoms with van der Waals surface area (Å²) in [5.74, 6) is -0.363. The van der Waals surface area contributed by atoms with Crippen LogP contribution in [0.3, 0.4) is 0 Å². The third-order valence-corrected chi connectivity index (χ3v) is 5.06. The first kappa shape index (κ1) is 17.5. The molecule has 5 rings (SSSR count). The number of fused-ring (bicyclic) bond motifs is 1. The lowest BCUT2D eigenvalue weighted by Gasteiger charge is -2.08. The SMILES string of the molecule is Cc1cnc2[nH]cc(C(=O)c3ccc(Nc4ccc(C5CC5)nc4)nc3F)c2c1. The lowest BCUT2D eigenvalue weighted by molar-refractivity contribution is 0.103. The first-order chi connectivity index (χ1) is 14.1. The topological polar surface area (TPSA) is 83.6 Å². The number of anilines is 2. The fraction of sp³-hybridized carbons (Fsp3) is 0.182. The number of nitrogens with one attached hydrogen (secondary N) is 2. The second kappa shape index (κ2) is 6.77. The maximum atomic E-state index is 14.6. The van der Waals surface area contributed by atoms with Gasteiger partial charge in [0, 0.05) is 35.0 Å². The van der Waals surface area contributed by atoms with Crippen LogP contribution in [0.1, 0.15) is 45.9 Å². The van der Waals surface area contributed by atoms with Crippen molar-refractivity contribution in [2.24, 2.45) is 0 Å². The molecule has 4 aromatic heterocycles. The number of halogens is 1. The van der Waals surface area contributed by atoms with Gasteiger partial charge in [0.1, 0.15) is 11.5 Å². The van der Waals surface area contributed by atoms with Gasteiger partial charge in [0.25, 0.3) is 0 Å². The smallest absolute Gasteiger partial charge is 0.226 e. The van der Waals surface area contributed by atoms with Gasteiger partial charge in [0.15, 0.2) is 5.78 Å². The number of pyridine rings is 3. The number of carbonyl (C=O) groups excluding carboxylic acids is 1. The standard InChI is InChI=1S/C22H18FN5O/c1-12-8-16-17(11-26-22(16)25-9-12)20(29)15-5-7-19(28-21(15)23)27-14-4-6-18(24-10-14)13-2-3-13/h4-11,13H,2-3H2,1H3,(H,25,26)(H,27,28). The van der Waals surface area contributed by atoms with Crippen LogP contribution >= 0.6 is 0 Å². The molecule has 0 unspecified atom stereocenters. The van der Waals surface area contributed by atoms with Crippen LogP contribution in [-0.2, 0) is 0 Å². The molecule has 4 aromatic rings.